The van der Waals surface area contributed by atoms with E-state index >= 15 is 0 Å². The predicted molar refractivity (Wildman–Crippen MR) is 119 cm³/mol. The second-order valence-corrected chi connectivity index (χ2v) is 8.12. The molecule has 0 unspecified atom stereocenters. The summed E-state index contributed by atoms with van der Waals surface area (Å²) in [4.78, 5) is 9.86. The lowest BCUT2D eigenvalue weighted by molar-refractivity contribution is 0.355. The summed E-state index contributed by atoms with van der Waals surface area (Å²) >= 11 is 0. The third-order valence-electron chi connectivity index (χ3n) is 5.87. The van der Waals surface area contributed by atoms with Crippen LogP contribution in [-0.2, 0) is 6.54 Å². The van der Waals surface area contributed by atoms with E-state index in [-0.39, 0.29) is 0 Å². The number of aromatic nitrogens is 1. The summed E-state index contributed by atoms with van der Waals surface area (Å²) in [6.07, 6.45) is 8.19. The minimum atomic E-state index is 0.418. The molecule has 29 heavy (non-hydrogen) atoms. The van der Waals surface area contributed by atoms with Crippen LogP contribution in [0.3, 0.4) is 0 Å². The van der Waals surface area contributed by atoms with Gasteiger partial charge < -0.3 is 19.3 Å². The lowest BCUT2D eigenvalue weighted by Gasteiger charge is -2.34. The lowest BCUT2D eigenvalue weighted by Crippen LogP contribution is -2.33. The summed E-state index contributed by atoms with van der Waals surface area (Å²) in [6, 6.07) is 8.33. The summed E-state index contributed by atoms with van der Waals surface area (Å²) < 4.78 is 10.9. The van der Waals surface area contributed by atoms with Crippen molar-refractivity contribution in [3.05, 3.63) is 47.3 Å². The molecular weight excluding hydrogens is 362 g/mol. The van der Waals surface area contributed by atoms with Crippen LogP contribution in [0.2, 0.25) is 0 Å². The third kappa shape index (κ3) is 3.91. The number of ether oxygens (including phenoxy) is 2. The quantitative estimate of drug-likeness (QED) is 0.698. The van der Waals surface area contributed by atoms with Crippen molar-refractivity contribution in [2.24, 2.45) is 0 Å². The monoisotopic (exact) mass is 393 g/mol. The first kappa shape index (κ1) is 19.6. The fourth-order valence-corrected chi connectivity index (χ4v) is 4.15. The zero-order chi connectivity index (χ0) is 20.4. The van der Waals surface area contributed by atoms with E-state index in [4.69, 9.17) is 14.5 Å². The Balaban J connectivity index is 1.71. The van der Waals surface area contributed by atoms with Gasteiger partial charge in [0.15, 0.2) is 11.5 Å². The molecular formula is C24H31N3O2. The van der Waals surface area contributed by atoms with Crippen molar-refractivity contribution in [2.75, 3.05) is 37.1 Å². The first-order chi connectivity index (χ1) is 14.1. The molecule has 1 saturated heterocycles. The maximum absolute atomic E-state index is 5.50. The number of hydrogen-bond donors (Lipinski definition) is 0. The molecule has 3 heterocycles. The van der Waals surface area contributed by atoms with Gasteiger partial charge in [0.2, 0.25) is 0 Å². The number of benzene rings is 1. The Hall–Kier alpha value is -2.69. The summed E-state index contributed by atoms with van der Waals surface area (Å²) in [5.41, 5.74) is 4.87. The number of rotatable bonds is 5. The van der Waals surface area contributed by atoms with Gasteiger partial charge in [-0.15, -0.1) is 0 Å². The predicted octanol–water partition coefficient (Wildman–Crippen LogP) is 5.20. The van der Waals surface area contributed by atoms with Crippen molar-refractivity contribution in [1.82, 2.24) is 4.98 Å². The number of nitrogens with zero attached hydrogens (tertiary/aromatic N) is 3. The van der Waals surface area contributed by atoms with E-state index in [0.29, 0.717) is 5.92 Å². The molecule has 0 aliphatic carbocycles. The van der Waals surface area contributed by atoms with Gasteiger partial charge in [0.1, 0.15) is 5.82 Å². The van der Waals surface area contributed by atoms with Crippen LogP contribution in [-0.4, -0.2) is 32.3 Å². The van der Waals surface area contributed by atoms with Gasteiger partial charge in [0, 0.05) is 42.3 Å². The maximum atomic E-state index is 5.50. The molecule has 0 radical (unpaired) electrons. The molecule has 0 bridgehead atoms. The van der Waals surface area contributed by atoms with E-state index in [1.807, 2.05) is 12.1 Å². The normalized spacial score (nSPS) is 16.2. The fraction of sp³-hybridized carbons (Fsp3) is 0.458. The molecule has 2 aliphatic heterocycles. The van der Waals surface area contributed by atoms with E-state index in [1.165, 1.54) is 41.9 Å². The molecule has 0 amide bonds. The van der Waals surface area contributed by atoms with Crippen LogP contribution in [0.15, 0.2) is 30.5 Å². The molecule has 4 rings (SSSR count). The van der Waals surface area contributed by atoms with Gasteiger partial charge in [-0.05, 0) is 55.0 Å². The largest absolute Gasteiger partial charge is 0.493 e. The summed E-state index contributed by atoms with van der Waals surface area (Å²) in [7, 11) is 3.34. The van der Waals surface area contributed by atoms with Crippen LogP contribution in [0.5, 0.6) is 11.5 Å². The zero-order valence-corrected chi connectivity index (χ0v) is 17.9. The summed E-state index contributed by atoms with van der Waals surface area (Å²) in [5.74, 6) is 3.07. The Bertz CT molecular complexity index is 901. The maximum Gasteiger partial charge on any atom is 0.162 e. The molecule has 5 nitrogen and oxygen atoms in total. The molecule has 0 saturated carbocycles. The van der Waals surface area contributed by atoms with Gasteiger partial charge >= 0.3 is 0 Å². The zero-order valence-electron chi connectivity index (χ0n) is 17.9. The second kappa shape index (κ2) is 8.36. The number of pyridine rings is 1. The minimum Gasteiger partial charge on any atom is -0.493 e. The van der Waals surface area contributed by atoms with Gasteiger partial charge in [-0.1, -0.05) is 13.8 Å². The van der Waals surface area contributed by atoms with Crippen molar-refractivity contribution in [2.45, 2.75) is 45.6 Å². The number of hydrogen-bond acceptors (Lipinski definition) is 5. The SMILES string of the molecule is COc1ccc(N2C=Cc3cc(C(C)C)nc(N4CCCCC4)c3C2)cc1OC. The van der Waals surface area contributed by atoms with Gasteiger partial charge in [-0.25, -0.2) is 4.98 Å². The number of methoxy groups -OCH3 is 2. The van der Waals surface area contributed by atoms with Crippen LogP contribution in [0.1, 0.15) is 55.8 Å². The highest BCUT2D eigenvalue weighted by Gasteiger charge is 2.24. The van der Waals surface area contributed by atoms with E-state index in [2.05, 4.69) is 48.1 Å². The molecule has 0 N–H and O–H groups in total. The van der Waals surface area contributed by atoms with E-state index in [0.717, 1.165) is 36.8 Å². The van der Waals surface area contributed by atoms with Crippen LogP contribution in [0.25, 0.3) is 6.08 Å². The molecule has 0 spiro atoms. The smallest absolute Gasteiger partial charge is 0.162 e. The molecule has 1 aromatic heterocycles. The topological polar surface area (TPSA) is 37.8 Å². The highest BCUT2D eigenvalue weighted by molar-refractivity contribution is 5.71. The Morgan fingerprint density at radius 2 is 1.72 bits per heavy atom. The van der Waals surface area contributed by atoms with E-state index in [1.54, 1.807) is 14.2 Å². The molecule has 2 aliphatic rings. The summed E-state index contributed by atoms with van der Waals surface area (Å²) in [5, 5.41) is 0. The van der Waals surface area contributed by atoms with Crippen LogP contribution in [0, 0.1) is 0 Å². The van der Waals surface area contributed by atoms with Crippen LogP contribution < -0.4 is 19.3 Å². The molecule has 2 aromatic rings. The van der Waals surface area contributed by atoms with E-state index < -0.39 is 0 Å². The standard InChI is InChI=1S/C24H31N3O2/c1-17(2)21-14-18-10-13-27(19-8-9-22(28-3)23(15-19)29-4)16-20(18)24(25-21)26-11-6-5-7-12-26/h8-10,13-15,17H,5-7,11-12,16H2,1-4H3. The molecule has 5 heteroatoms. The number of anilines is 2. The van der Waals surface area contributed by atoms with Gasteiger partial charge in [-0.2, -0.15) is 0 Å². The number of fused-ring (bicyclic) bond motifs is 1. The second-order valence-electron chi connectivity index (χ2n) is 8.12. The van der Waals surface area contributed by atoms with Crippen molar-refractivity contribution in [1.29, 1.82) is 0 Å². The van der Waals surface area contributed by atoms with Crippen LogP contribution >= 0.6 is 0 Å². The average Bonchev–Trinajstić information content (AvgIpc) is 2.78. The Morgan fingerprint density at radius 1 is 0.966 bits per heavy atom. The Kier molecular flexibility index (Phi) is 5.65. The summed E-state index contributed by atoms with van der Waals surface area (Å²) in [6.45, 7) is 7.44. The molecule has 1 aromatic carbocycles. The fourth-order valence-electron chi connectivity index (χ4n) is 4.15. The van der Waals surface area contributed by atoms with Crippen molar-refractivity contribution in [3.8, 4) is 11.5 Å². The Labute approximate surface area is 173 Å². The average molecular weight is 394 g/mol. The molecule has 154 valence electrons. The minimum absolute atomic E-state index is 0.418. The first-order valence-electron chi connectivity index (χ1n) is 10.6. The van der Waals surface area contributed by atoms with E-state index in [9.17, 15) is 0 Å². The van der Waals surface area contributed by atoms with Crippen molar-refractivity contribution >= 4 is 17.6 Å². The van der Waals surface area contributed by atoms with Crippen LogP contribution in [0.4, 0.5) is 11.5 Å². The number of piperidine rings is 1. The van der Waals surface area contributed by atoms with Gasteiger partial charge in [-0.3, -0.25) is 0 Å². The highest BCUT2D eigenvalue weighted by atomic mass is 16.5. The Morgan fingerprint density at radius 3 is 2.41 bits per heavy atom. The van der Waals surface area contributed by atoms with Crippen molar-refractivity contribution in [3.63, 3.8) is 0 Å². The van der Waals surface area contributed by atoms with Gasteiger partial charge in [0.25, 0.3) is 0 Å². The third-order valence-corrected chi connectivity index (χ3v) is 5.87. The first-order valence-corrected chi connectivity index (χ1v) is 10.6. The van der Waals surface area contributed by atoms with Gasteiger partial charge in [0.05, 0.1) is 20.8 Å². The molecule has 0 atom stereocenters. The lowest BCUT2D eigenvalue weighted by atomic mass is 9.99. The highest BCUT2D eigenvalue weighted by Crippen LogP contribution is 2.37. The van der Waals surface area contributed by atoms with Crippen molar-refractivity contribution < 1.29 is 9.47 Å². The molecule has 1 fully saturated rings.